The van der Waals surface area contributed by atoms with Crippen LogP contribution < -0.4 is 16.0 Å². The summed E-state index contributed by atoms with van der Waals surface area (Å²) in [5.41, 5.74) is 2.69. The van der Waals surface area contributed by atoms with Crippen molar-refractivity contribution in [3.63, 3.8) is 0 Å². The van der Waals surface area contributed by atoms with Crippen molar-refractivity contribution in [3.05, 3.63) is 95.1 Å². The first-order valence-electron chi connectivity index (χ1n) is 13.5. The summed E-state index contributed by atoms with van der Waals surface area (Å²) < 4.78 is 29.2. The zero-order valence-electron chi connectivity index (χ0n) is 23.3. The molecule has 1 fully saturated rings. The van der Waals surface area contributed by atoms with Crippen LogP contribution >= 0.6 is 0 Å². The minimum atomic E-state index is -3.34. The number of halogens is 2. The number of aromatic hydroxyl groups is 1. The molecule has 0 bridgehead atoms. The molecule has 9 nitrogen and oxygen atoms in total. The zero-order chi connectivity index (χ0) is 30.4. The van der Waals surface area contributed by atoms with Crippen molar-refractivity contribution in [2.45, 2.75) is 57.8 Å². The lowest BCUT2D eigenvalue weighted by atomic mass is 9.98. The molecule has 43 heavy (non-hydrogen) atoms. The van der Waals surface area contributed by atoms with Gasteiger partial charge in [0.1, 0.15) is 11.8 Å². The molecule has 3 aromatic carbocycles. The van der Waals surface area contributed by atoms with Gasteiger partial charge in [-0.15, -0.1) is 0 Å². The Morgan fingerprint density at radius 1 is 1.00 bits per heavy atom. The Morgan fingerprint density at radius 3 is 2.33 bits per heavy atom. The number of aliphatic hydroxyl groups is 1. The van der Waals surface area contributed by atoms with Gasteiger partial charge in [0.15, 0.2) is 6.10 Å². The van der Waals surface area contributed by atoms with Gasteiger partial charge >= 0.3 is 0 Å². The molecule has 0 aliphatic carbocycles. The van der Waals surface area contributed by atoms with Gasteiger partial charge in [-0.2, -0.15) is 0 Å². The fraction of sp³-hybridized carbons (Fsp3) is 0.344. The van der Waals surface area contributed by atoms with E-state index in [-0.39, 0.29) is 31.7 Å². The number of phenolic OH excluding ortho intramolecular Hbond substituents is 1. The molecule has 1 aliphatic rings. The van der Waals surface area contributed by atoms with Crippen LogP contribution in [0.3, 0.4) is 0 Å². The first-order valence-corrected chi connectivity index (χ1v) is 13.5. The van der Waals surface area contributed by atoms with Gasteiger partial charge in [0.25, 0.3) is 17.7 Å². The maximum Gasteiger partial charge on any atom is 0.267 e. The lowest BCUT2D eigenvalue weighted by Crippen LogP contribution is -2.55. The monoisotopic (exact) mass is 596 g/mol. The van der Waals surface area contributed by atoms with Gasteiger partial charge in [-0.05, 0) is 48.7 Å². The Morgan fingerprint density at radius 2 is 1.67 bits per heavy atom. The van der Waals surface area contributed by atoms with E-state index in [4.69, 9.17) is 0 Å². The van der Waals surface area contributed by atoms with E-state index in [1.165, 1.54) is 18.2 Å². The average Bonchev–Trinajstić information content (AvgIpc) is 3.32. The summed E-state index contributed by atoms with van der Waals surface area (Å²) in [5.74, 6) is -5.99. The van der Waals surface area contributed by atoms with Gasteiger partial charge in [0, 0.05) is 36.8 Å². The summed E-state index contributed by atoms with van der Waals surface area (Å²) in [6, 6.07) is 17.5. The number of carbonyl (C=O) groups excluding carboxylic acids is 3. The third-order valence-electron chi connectivity index (χ3n) is 7.36. The predicted octanol–water partition coefficient (Wildman–Crippen LogP) is 3.63. The van der Waals surface area contributed by atoms with Crippen LogP contribution in [-0.4, -0.2) is 70.5 Å². The first-order chi connectivity index (χ1) is 20.0. The minimum Gasteiger partial charge on any atom is -0.508 e. The first kappa shape index (κ1) is 33.0. The van der Waals surface area contributed by atoms with Gasteiger partial charge in [-0.3, -0.25) is 14.4 Å². The van der Waals surface area contributed by atoms with Crippen LogP contribution in [-0.2, 0) is 22.6 Å². The van der Waals surface area contributed by atoms with E-state index in [0.717, 1.165) is 11.3 Å². The third-order valence-corrected chi connectivity index (χ3v) is 7.36. The second-order valence-corrected chi connectivity index (χ2v) is 10.4. The lowest BCUT2D eigenvalue weighted by Gasteiger charge is -2.30. The third kappa shape index (κ3) is 8.07. The average molecular weight is 597 g/mol. The second kappa shape index (κ2) is 14.1. The van der Waals surface area contributed by atoms with Crippen molar-refractivity contribution in [3.8, 4) is 5.75 Å². The van der Waals surface area contributed by atoms with Gasteiger partial charge in [-0.1, -0.05) is 56.0 Å². The molecule has 0 aromatic heterocycles. The number of hydrogen-bond donors (Lipinski definition) is 5. The molecule has 11 heteroatoms. The number of rotatable bonds is 10. The molecule has 1 heterocycles. The zero-order valence-corrected chi connectivity index (χ0v) is 23.3. The van der Waals surface area contributed by atoms with E-state index in [1.54, 1.807) is 68.6 Å². The van der Waals surface area contributed by atoms with Crippen molar-refractivity contribution in [2.24, 2.45) is 0 Å². The Bertz CT molecular complexity index is 1420. The number of aliphatic hydroxyl groups excluding tert-OH is 1. The summed E-state index contributed by atoms with van der Waals surface area (Å²) in [5, 5.41) is 29.5. The number of nitrogens with zero attached hydrogens (tertiary/aromatic N) is 1. The highest BCUT2D eigenvalue weighted by Crippen LogP contribution is 2.33. The minimum absolute atomic E-state index is 0. The normalized spacial score (nSPS) is 16.9. The lowest BCUT2D eigenvalue weighted by molar-refractivity contribution is -0.147. The molecule has 3 amide bonds. The Balaban J connectivity index is 0.00000506. The number of hydrogen-bond acceptors (Lipinski definition) is 6. The standard InChI is InChI=1S/C31H34F2N4O5.CH4/c1-19-23(9-6-10-26(19)38)28(40)36-24(15-20-7-4-3-5-8-20)27(39)30(42)37-18-31(32,33)16-25(37)29(41)35-17-21-11-13-22(34-2)14-12-21;/h3-14,24-25,27,34,38-39H,15-18H2,1-2H3,(H,35,41)(H,36,40);1H4/t24-,25-,27-;/m0./s1. The number of nitrogens with one attached hydrogen (secondary N) is 3. The summed E-state index contributed by atoms with van der Waals surface area (Å²) in [6.45, 7) is 0.559. The summed E-state index contributed by atoms with van der Waals surface area (Å²) in [6.07, 6.45) is -2.83. The summed E-state index contributed by atoms with van der Waals surface area (Å²) in [4.78, 5) is 40.4. The molecule has 0 radical (unpaired) electrons. The van der Waals surface area contributed by atoms with Crippen LogP contribution in [0.1, 0.15) is 40.9 Å². The molecule has 5 N–H and O–H groups in total. The van der Waals surface area contributed by atoms with Crippen molar-refractivity contribution >= 4 is 23.4 Å². The van der Waals surface area contributed by atoms with E-state index < -0.39 is 54.8 Å². The van der Waals surface area contributed by atoms with Gasteiger partial charge < -0.3 is 31.1 Å². The van der Waals surface area contributed by atoms with Crippen LogP contribution in [0.2, 0.25) is 0 Å². The van der Waals surface area contributed by atoms with E-state index in [9.17, 15) is 33.4 Å². The van der Waals surface area contributed by atoms with Crippen molar-refractivity contribution in [2.75, 3.05) is 18.9 Å². The highest BCUT2D eigenvalue weighted by molar-refractivity contribution is 5.97. The fourth-order valence-corrected chi connectivity index (χ4v) is 4.95. The topological polar surface area (TPSA) is 131 Å². The van der Waals surface area contributed by atoms with Crippen LogP contribution in [0.25, 0.3) is 0 Å². The molecular weight excluding hydrogens is 558 g/mol. The summed E-state index contributed by atoms with van der Waals surface area (Å²) in [7, 11) is 1.76. The highest BCUT2D eigenvalue weighted by Gasteiger charge is 2.51. The highest BCUT2D eigenvalue weighted by atomic mass is 19.3. The predicted molar refractivity (Wildman–Crippen MR) is 160 cm³/mol. The van der Waals surface area contributed by atoms with Gasteiger partial charge in [0.2, 0.25) is 5.91 Å². The maximum absolute atomic E-state index is 14.6. The van der Waals surface area contributed by atoms with Crippen LogP contribution in [0.4, 0.5) is 14.5 Å². The Hall–Kier alpha value is -4.51. The van der Waals surface area contributed by atoms with Crippen molar-refractivity contribution in [1.29, 1.82) is 0 Å². The number of anilines is 1. The molecule has 230 valence electrons. The maximum atomic E-state index is 14.6. The molecule has 1 aliphatic heterocycles. The van der Waals surface area contributed by atoms with Crippen molar-refractivity contribution < 1.29 is 33.4 Å². The van der Waals surface area contributed by atoms with Gasteiger partial charge in [0.05, 0.1) is 12.6 Å². The molecule has 3 atom stereocenters. The number of amides is 3. The number of likely N-dealkylation sites (tertiary alicyclic amines) is 1. The van der Waals surface area contributed by atoms with E-state index in [0.29, 0.717) is 16.0 Å². The number of carbonyl (C=O) groups is 3. The van der Waals surface area contributed by atoms with Crippen molar-refractivity contribution in [1.82, 2.24) is 15.5 Å². The largest absolute Gasteiger partial charge is 0.508 e. The second-order valence-electron chi connectivity index (χ2n) is 10.4. The SMILES string of the molecule is C.CNc1ccc(CNC(=O)[C@@H]2CC(F)(F)CN2C(=O)[C@@H](O)[C@H](Cc2ccccc2)NC(=O)c2cccc(O)c2C)cc1. The molecule has 1 saturated heterocycles. The van der Waals surface area contributed by atoms with Crippen LogP contribution in [0.5, 0.6) is 5.75 Å². The number of phenols is 1. The molecule has 0 spiro atoms. The Labute approximate surface area is 249 Å². The van der Waals surface area contributed by atoms with E-state index in [2.05, 4.69) is 16.0 Å². The molecule has 4 rings (SSSR count). The fourth-order valence-electron chi connectivity index (χ4n) is 4.95. The van der Waals surface area contributed by atoms with E-state index >= 15 is 0 Å². The quantitative estimate of drug-likeness (QED) is 0.243. The Kier molecular flexibility index (Phi) is 10.8. The number of benzene rings is 3. The summed E-state index contributed by atoms with van der Waals surface area (Å²) >= 11 is 0. The molecule has 0 saturated carbocycles. The molecular formula is C32H38F2N4O5. The van der Waals surface area contributed by atoms with Gasteiger partial charge in [-0.25, -0.2) is 8.78 Å². The van der Waals surface area contributed by atoms with E-state index in [1.807, 2.05) is 0 Å². The van der Waals surface area contributed by atoms with Crippen LogP contribution in [0.15, 0.2) is 72.8 Å². The number of alkyl halides is 2. The smallest absolute Gasteiger partial charge is 0.267 e. The molecule has 0 unspecified atom stereocenters. The molecule has 3 aromatic rings. The van der Waals surface area contributed by atoms with Crippen LogP contribution in [0, 0.1) is 6.92 Å².